The molecule has 1 atom stereocenters. The van der Waals surface area contributed by atoms with Gasteiger partial charge >= 0.3 is 12.1 Å². The Morgan fingerprint density at radius 3 is 2.34 bits per heavy atom. The van der Waals surface area contributed by atoms with Crippen molar-refractivity contribution in [3.63, 3.8) is 0 Å². The summed E-state index contributed by atoms with van der Waals surface area (Å²) in [5.74, 6) is -1.66. The zero-order valence-corrected chi connectivity index (χ0v) is 19.5. The number of benzene rings is 3. The van der Waals surface area contributed by atoms with Crippen LogP contribution < -0.4 is 10.6 Å². The van der Waals surface area contributed by atoms with Crippen LogP contribution in [-0.4, -0.2) is 40.7 Å². The molecule has 0 saturated carbocycles. The van der Waals surface area contributed by atoms with Gasteiger partial charge in [-0.15, -0.1) is 0 Å². The number of nitrogens with zero attached hydrogens (tertiary/aromatic N) is 1. The summed E-state index contributed by atoms with van der Waals surface area (Å²) in [7, 11) is 0. The van der Waals surface area contributed by atoms with Crippen LogP contribution in [0.5, 0.6) is 0 Å². The summed E-state index contributed by atoms with van der Waals surface area (Å²) in [6.45, 7) is 1.58. The lowest BCUT2D eigenvalue weighted by Crippen LogP contribution is -2.38. The molecular formula is C26H21N3O5S. The van der Waals surface area contributed by atoms with E-state index in [9.17, 15) is 14.4 Å². The van der Waals surface area contributed by atoms with Gasteiger partial charge in [0.15, 0.2) is 5.13 Å². The standard InChI is InChI=1S/C26H21N3O5S/c1-14(24(31)32)27-23(30)15-10-11-21-22(12-15)35-25(28-21)29-26(33)34-13-20-18-8-4-2-6-16(18)17-7-3-5-9-19(17)20/h2-12,14,20H,13H2,1H3,(H,27,30)(H,31,32)(H,28,29,33)/t14-/m0/s1. The van der Waals surface area contributed by atoms with E-state index in [0.29, 0.717) is 20.9 Å². The lowest BCUT2D eigenvalue weighted by molar-refractivity contribution is -0.138. The molecule has 2 amide bonds. The van der Waals surface area contributed by atoms with Crippen LogP contribution in [0, 0.1) is 0 Å². The van der Waals surface area contributed by atoms with Gasteiger partial charge in [0.2, 0.25) is 0 Å². The highest BCUT2D eigenvalue weighted by molar-refractivity contribution is 7.22. The van der Waals surface area contributed by atoms with Crippen molar-refractivity contribution in [1.29, 1.82) is 0 Å². The lowest BCUT2D eigenvalue weighted by Gasteiger charge is -2.14. The number of hydrogen-bond acceptors (Lipinski definition) is 6. The summed E-state index contributed by atoms with van der Waals surface area (Å²) in [5.41, 5.74) is 5.48. The van der Waals surface area contributed by atoms with Gasteiger partial charge in [0, 0.05) is 11.5 Å². The number of aromatic nitrogens is 1. The minimum Gasteiger partial charge on any atom is -0.480 e. The third-order valence-electron chi connectivity index (χ3n) is 5.92. The molecule has 0 radical (unpaired) electrons. The molecule has 1 aromatic heterocycles. The van der Waals surface area contributed by atoms with Gasteiger partial charge in [0.25, 0.3) is 5.91 Å². The van der Waals surface area contributed by atoms with E-state index in [2.05, 4.69) is 39.9 Å². The highest BCUT2D eigenvalue weighted by Gasteiger charge is 2.29. The Labute approximate surface area is 204 Å². The molecular weight excluding hydrogens is 466 g/mol. The van der Waals surface area contributed by atoms with Gasteiger partial charge in [-0.3, -0.25) is 14.9 Å². The molecule has 0 saturated heterocycles. The molecule has 3 N–H and O–H groups in total. The number of rotatable bonds is 6. The van der Waals surface area contributed by atoms with Gasteiger partial charge in [-0.2, -0.15) is 0 Å². The monoisotopic (exact) mass is 487 g/mol. The van der Waals surface area contributed by atoms with E-state index in [-0.39, 0.29) is 12.5 Å². The molecule has 3 aromatic carbocycles. The Balaban J connectivity index is 1.26. The molecule has 4 aromatic rings. The molecule has 0 spiro atoms. The van der Waals surface area contributed by atoms with Crippen molar-refractivity contribution in [3.8, 4) is 11.1 Å². The van der Waals surface area contributed by atoms with Crippen molar-refractivity contribution < 1.29 is 24.2 Å². The summed E-state index contributed by atoms with van der Waals surface area (Å²) in [6.07, 6.45) is -0.612. The van der Waals surface area contributed by atoms with E-state index in [0.717, 1.165) is 22.3 Å². The molecule has 1 aliphatic rings. The van der Waals surface area contributed by atoms with E-state index >= 15 is 0 Å². The number of hydrogen-bond donors (Lipinski definition) is 3. The maximum atomic E-state index is 12.5. The summed E-state index contributed by atoms with van der Waals surface area (Å²) < 4.78 is 6.24. The Bertz CT molecular complexity index is 1420. The van der Waals surface area contributed by atoms with Crippen LogP contribution in [0.2, 0.25) is 0 Å². The molecule has 0 aliphatic heterocycles. The third kappa shape index (κ3) is 4.45. The van der Waals surface area contributed by atoms with Crippen molar-refractivity contribution in [1.82, 2.24) is 10.3 Å². The van der Waals surface area contributed by atoms with Crippen LogP contribution in [-0.2, 0) is 9.53 Å². The molecule has 1 aliphatic carbocycles. The van der Waals surface area contributed by atoms with E-state index in [4.69, 9.17) is 9.84 Å². The number of thiazole rings is 1. The molecule has 5 rings (SSSR count). The first-order valence-corrected chi connectivity index (χ1v) is 11.8. The molecule has 0 bridgehead atoms. The van der Waals surface area contributed by atoms with Crippen LogP contribution in [0.4, 0.5) is 9.93 Å². The van der Waals surface area contributed by atoms with E-state index < -0.39 is 24.0 Å². The fourth-order valence-corrected chi connectivity index (χ4v) is 5.07. The Hall–Kier alpha value is -4.24. The highest BCUT2D eigenvalue weighted by Crippen LogP contribution is 2.44. The molecule has 8 nitrogen and oxygen atoms in total. The predicted molar refractivity (Wildman–Crippen MR) is 133 cm³/mol. The maximum absolute atomic E-state index is 12.5. The zero-order valence-electron chi connectivity index (χ0n) is 18.6. The van der Waals surface area contributed by atoms with Crippen LogP contribution in [0.25, 0.3) is 21.3 Å². The molecule has 0 unspecified atom stereocenters. The number of carbonyl (C=O) groups is 3. The lowest BCUT2D eigenvalue weighted by atomic mass is 9.98. The normalized spacial score (nSPS) is 13.1. The fourth-order valence-electron chi connectivity index (χ4n) is 4.18. The van der Waals surface area contributed by atoms with E-state index in [1.54, 1.807) is 18.2 Å². The minimum atomic E-state index is -1.12. The zero-order chi connectivity index (χ0) is 24.5. The SMILES string of the molecule is C[C@H](NC(=O)c1ccc2nc(NC(=O)OCC3c4ccccc4-c4ccccc43)sc2c1)C(=O)O. The van der Waals surface area contributed by atoms with Gasteiger partial charge in [0.1, 0.15) is 12.6 Å². The van der Waals surface area contributed by atoms with Crippen LogP contribution in [0.1, 0.15) is 34.3 Å². The smallest absolute Gasteiger partial charge is 0.413 e. The fraction of sp³-hybridized carbons (Fsp3) is 0.154. The predicted octanol–water partition coefficient (Wildman–Crippen LogP) is 4.86. The van der Waals surface area contributed by atoms with E-state index in [1.165, 1.54) is 18.3 Å². The number of amides is 2. The molecule has 176 valence electrons. The van der Waals surface area contributed by atoms with Gasteiger partial charge in [-0.1, -0.05) is 59.9 Å². The summed E-state index contributed by atoms with van der Waals surface area (Å²) in [5, 5.41) is 14.4. The second-order valence-electron chi connectivity index (χ2n) is 8.19. The van der Waals surface area contributed by atoms with Crippen molar-refractivity contribution in [2.75, 3.05) is 11.9 Å². The first-order chi connectivity index (χ1) is 16.9. The van der Waals surface area contributed by atoms with Crippen molar-refractivity contribution in [2.24, 2.45) is 0 Å². The summed E-state index contributed by atoms with van der Waals surface area (Å²) in [6, 6.07) is 20.0. The second kappa shape index (κ2) is 9.19. The Kier molecular flexibility index (Phi) is 5.92. The van der Waals surface area contributed by atoms with E-state index in [1.807, 2.05) is 24.3 Å². The average Bonchev–Trinajstić information content (AvgIpc) is 3.40. The maximum Gasteiger partial charge on any atom is 0.413 e. The topological polar surface area (TPSA) is 118 Å². The highest BCUT2D eigenvalue weighted by atomic mass is 32.1. The van der Waals surface area contributed by atoms with Crippen molar-refractivity contribution in [2.45, 2.75) is 18.9 Å². The van der Waals surface area contributed by atoms with Gasteiger partial charge < -0.3 is 15.2 Å². The number of carboxylic acids is 1. The largest absolute Gasteiger partial charge is 0.480 e. The summed E-state index contributed by atoms with van der Waals surface area (Å²) in [4.78, 5) is 40.2. The van der Waals surface area contributed by atoms with Crippen LogP contribution in [0.3, 0.4) is 0 Å². The van der Waals surface area contributed by atoms with Crippen LogP contribution in [0.15, 0.2) is 66.7 Å². The number of fused-ring (bicyclic) bond motifs is 4. The number of ether oxygens (including phenoxy) is 1. The second-order valence-corrected chi connectivity index (χ2v) is 9.22. The average molecular weight is 488 g/mol. The number of carbonyl (C=O) groups excluding carboxylic acids is 2. The molecule has 1 heterocycles. The van der Waals surface area contributed by atoms with Crippen molar-refractivity contribution in [3.05, 3.63) is 83.4 Å². The van der Waals surface area contributed by atoms with Gasteiger partial charge in [0.05, 0.1) is 10.2 Å². The first-order valence-electron chi connectivity index (χ1n) is 11.0. The quantitative estimate of drug-likeness (QED) is 0.358. The third-order valence-corrected chi connectivity index (χ3v) is 6.85. The van der Waals surface area contributed by atoms with Gasteiger partial charge in [-0.05, 0) is 47.4 Å². The van der Waals surface area contributed by atoms with Crippen molar-refractivity contribution >= 4 is 44.7 Å². The van der Waals surface area contributed by atoms with Crippen LogP contribution >= 0.6 is 11.3 Å². The van der Waals surface area contributed by atoms with Gasteiger partial charge in [-0.25, -0.2) is 9.78 Å². The number of anilines is 1. The molecule has 35 heavy (non-hydrogen) atoms. The summed E-state index contributed by atoms with van der Waals surface area (Å²) >= 11 is 1.20. The Morgan fingerprint density at radius 1 is 1.03 bits per heavy atom. The first kappa shape index (κ1) is 22.5. The molecule has 0 fully saturated rings. The minimum absolute atomic E-state index is 0.0437. The number of carboxylic acid groups (broad SMARTS) is 1. The number of nitrogens with one attached hydrogen (secondary N) is 2. The molecule has 9 heteroatoms. The Morgan fingerprint density at radius 2 is 1.69 bits per heavy atom. The number of aliphatic carboxylic acids is 1.